The van der Waals surface area contributed by atoms with Crippen molar-refractivity contribution < 1.29 is 35.7 Å². The maximum Gasteiger partial charge on any atom is 0.0771 e. The molecular formula is C15H36O7. The molecule has 0 aromatic carbocycles. The molecule has 0 bridgehead atoms. The molecule has 7 N–H and O–H groups in total. The van der Waals surface area contributed by atoms with Crippen molar-refractivity contribution in [3.63, 3.8) is 0 Å². The van der Waals surface area contributed by atoms with Crippen LogP contribution in [0.5, 0.6) is 0 Å². The molecule has 7 heteroatoms. The maximum absolute atomic E-state index is 8.63. The third-order valence-electron chi connectivity index (χ3n) is 2.56. The van der Waals surface area contributed by atoms with E-state index in [-0.39, 0.29) is 33.0 Å². The summed E-state index contributed by atoms with van der Waals surface area (Å²) in [6.45, 7) is 2.24. The van der Waals surface area contributed by atoms with Gasteiger partial charge in [-0.2, -0.15) is 0 Å². The highest BCUT2D eigenvalue weighted by Crippen LogP contribution is 1.93. The van der Waals surface area contributed by atoms with Gasteiger partial charge >= 0.3 is 0 Å². The fourth-order valence-electron chi connectivity index (χ4n) is 1.24. The van der Waals surface area contributed by atoms with E-state index >= 15 is 0 Å². The van der Waals surface area contributed by atoms with Crippen molar-refractivity contribution in [2.45, 2.75) is 64.1 Å². The van der Waals surface area contributed by atoms with E-state index in [0.29, 0.717) is 19.3 Å². The molecule has 0 fully saturated rings. The molecule has 0 aliphatic rings. The van der Waals surface area contributed by atoms with Gasteiger partial charge in [0.05, 0.1) is 25.4 Å². The monoisotopic (exact) mass is 328 g/mol. The van der Waals surface area contributed by atoms with Crippen LogP contribution in [0.15, 0.2) is 0 Å². The van der Waals surface area contributed by atoms with Crippen LogP contribution in [-0.4, -0.2) is 81.0 Å². The van der Waals surface area contributed by atoms with E-state index in [1.54, 1.807) is 0 Å². The van der Waals surface area contributed by atoms with E-state index < -0.39 is 12.2 Å². The van der Waals surface area contributed by atoms with Gasteiger partial charge < -0.3 is 35.7 Å². The second kappa shape index (κ2) is 25.7. The average molecular weight is 328 g/mol. The van der Waals surface area contributed by atoms with Crippen LogP contribution in [0.25, 0.3) is 0 Å². The first kappa shape index (κ1) is 26.6. The first-order chi connectivity index (χ1) is 10.5. The van der Waals surface area contributed by atoms with Crippen molar-refractivity contribution in [3.8, 4) is 0 Å². The van der Waals surface area contributed by atoms with Crippen LogP contribution in [0, 0.1) is 0 Å². The lowest BCUT2D eigenvalue weighted by Gasteiger charge is -2.02. The molecule has 0 saturated carbocycles. The van der Waals surface area contributed by atoms with Gasteiger partial charge in [0.1, 0.15) is 0 Å². The molecule has 22 heavy (non-hydrogen) atoms. The van der Waals surface area contributed by atoms with E-state index in [4.69, 9.17) is 35.7 Å². The second-order valence-electron chi connectivity index (χ2n) is 4.84. The molecular weight excluding hydrogens is 292 g/mol. The summed E-state index contributed by atoms with van der Waals surface area (Å²) in [6, 6.07) is 0. The zero-order valence-corrected chi connectivity index (χ0v) is 13.8. The number of hydrogen-bond donors (Lipinski definition) is 7. The summed E-state index contributed by atoms with van der Waals surface area (Å²) in [5.41, 5.74) is 0. The number of rotatable bonds is 11. The predicted octanol–water partition coefficient (Wildman–Crippen LogP) is -0.607. The molecule has 0 aromatic rings. The minimum atomic E-state index is -0.651. The highest BCUT2D eigenvalue weighted by Gasteiger charge is 1.98. The van der Waals surface area contributed by atoms with Crippen molar-refractivity contribution in [3.05, 3.63) is 0 Å². The highest BCUT2D eigenvalue weighted by molar-refractivity contribution is 4.50. The standard InChI is InChI=1S/C5H12O3.2C5H12O2/c6-3-1-2-5(8)4-7;1-2-3-5(7)4-6;6-4-2-1-3-5-7/h5-8H,1-4H2;5-7H,2-4H2,1H3;6-7H,1-5H2. The Morgan fingerprint density at radius 2 is 1.00 bits per heavy atom. The Labute approximate surface area is 133 Å². The molecule has 138 valence electrons. The molecule has 0 spiro atoms. The van der Waals surface area contributed by atoms with Crippen LogP contribution >= 0.6 is 0 Å². The van der Waals surface area contributed by atoms with Gasteiger partial charge in [-0.1, -0.05) is 13.3 Å². The summed E-state index contributed by atoms with van der Waals surface area (Å²) in [6.07, 6.45) is 4.10. The summed E-state index contributed by atoms with van der Waals surface area (Å²) in [7, 11) is 0. The van der Waals surface area contributed by atoms with Crippen molar-refractivity contribution in [2.24, 2.45) is 0 Å². The van der Waals surface area contributed by atoms with Gasteiger partial charge in [-0.25, -0.2) is 0 Å². The number of unbranched alkanes of at least 4 members (excludes halogenated alkanes) is 2. The predicted molar refractivity (Wildman–Crippen MR) is 85.4 cm³/mol. The zero-order valence-electron chi connectivity index (χ0n) is 13.8. The summed E-state index contributed by atoms with van der Waals surface area (Å²) in [5, 5.41) is 58.3. The van der Waals surface area contributed by atoms with E-state index in [1.807, 2.05) is 6.92 Å². The van der Waals surface area contributed by atoms with Crippen molar-refractivity contribution in [1.29, 1.82) is 0 Å². The first-order valence-electron chi connectivity index (χ1n) is 7.94. The normalized spacial score (nSPS) is 12.5. The topological polar surface area (TPSA) is 142 Å². The fraction of sp³-hybridized carbons (Fsp3) is 1.00. The summed E-state index contributed by atoms with van der Waals surface area (Å²) >= 11 is 0. The smallest absolute Gasteiger partial charge is 0.0771 e. The highest BCUT2D eigenvalue weighted by atomic mass is 16.3. The van der Waals surface area contributed by atoms with Gasteiger partial charge in [0.15, 0.2) is 0 Å². The summed E-state index contributed by atoms with van der Waals surface area (Å²) in [5.74, 6) is 0. The average Bonchev–Trinajstić information content (AvgIpc) is 2.54. The largest absolute Gasteiger partial charge is 0.396 e. The summed E-state index contributed by atoms with van der Waals surface area (Å²) in [4.78, 5) is 0. The minimum Gasteiger partial charge on any atom is -0.396 e. The van der Waals surface area contributed by atoms with Gasteiger partial charge in [-0.05, 0) is 38.5 Å². The molecule has 0 rings (SSSR count). The van der Waals surface area contributed by atoms with E-state index in [0.717, 1.165) is 25.7 Å². The van der Waals surface area contributed by atoms with Crippen LogP contribution in [0.4, 0.5) is 0 Å². The molecule has 0 amide bonds. The SMILES string of the molecule is CCCC(O)CO.OCCCC(O)CO.OCCCCCO. The summed E-state index contributed by atoms with van der Waals surface area (Å²) < 4.78 is 0. The number of hydrogen-bond acceptors (Lipinski definition) is 7. The Kier molecular flexibility index (Phi) is 31.0. The van der Waals surface area contributed by atoms with Crippen LogP contribution in [0.3, 0.4) is 0 Å². The van der Waals surface area contributed by atoms with Gasteiger partial charge in [-0.3, -0.25) is 0 Å². The third kappa shape index (κ3) is 31.9. The molecule has 0 aliphatic carbocycles. The lowest BCUT2D eigenvalue weighted by Crippen LogP contribution is -2.11. The minimum absolute atomic E-state index is 0.0804. The Morgan fingerprint density at radius 1 is 0.591 bits per heavy atom. The number of aliphatic hydroxyl groups excluding tert-OH is 7. The van der Waals surface area contributed by atoms with Crippen LogP contribution < -0.4 is 0 Å². The molecule has 0 radical (unpaired) electrons. The Bertz CT molecular complexity index is 166. The first-order valence-corrected chi connectivity index (χ1v) is 7.94. The van der Waals surface area contributed by atoms with Crippen molar-refractivity contribution in [2.75, 3.05) is 33.0 Å². The van der Waals surface area contributed by atoms with Gasteiger partial charge in [0.2, 0.25) is 0 Å². The van der Waals surface area contributed by atoms with Crippen LogP contribution in [0.2, 0.25) is 0 Å². The fourth-order valence-corrected chi connectivity index (χ4v) is 1.24. The van der Waals surface area contributed by atoms with Crippen LogP contribution in [-0.2, 0) is 0 Å². The zero-order chi connectivity index (χ0) is 17.6. The van der Waals surface area contributed by atoms with Gasteiger partial charge in [0, 0.05) is 19.8 Å². The molecule has 0 aliphatic heterocycles. The second-order valence-corrected chi connectivity index (χ2v) is 4.84. The molecule has 0 saturated heterocycles. The third-order valence-corrected chi connectivity index (χ3v) is 2.56. The lowest BCUT2D eigenvalue weighted by atomic mass is 10.2. The molecule has 0 aromatic heterocycles. The van der Waals surface area contributed by atoms with E-state index in [2.05, 4.69) is 0 Å². The Hall–Kier alpha value is -0.280. The van der Waals surface area contributed by atoms with Crippen molar-refractivity contribution >= 4 is 0 Å². The van der Waals surface area contributed by atoms with Crippen LogP contribution in [0.1, 0.15) is 51.9 Å². The quantitative estimate of drug-likeness (QED) is 0.251. The van der Waals surface area contributed by atoms with E-state index in [1.165, 1.54) is 0 Å². The molecule has 2 atom stereocenters. The molecule has 0 heterocycles. The van der Waals surface area contributed by atoms with Gasteiger partial charge in [0.25, 0.3) is 0 Å². The lowest BCUT2D eigenvalue weighted by molar-refractivity contribution is 0.0817. The Morgan fingerprint density at radius 3 is 1.27 bits per heavy atom. The maximum atomic E-state index is 8.63. The van der Waals surface area contributed by atoms with Gasteiger partial charge in [-0.15, -0.1) is 0 Å². The number of aliphatic hydroxyl groups is 7. The van der Waals surface area contributed by atoms with E-state index in [9.17, 15) is 0 Å². The van der Waals surface area contributed by atoms with Crippen molar-refractivity contribution in [1.82, 2.24) is 0 Å². The molecule has 7 nitrogen and oxygen atoms in total. The molecule has 2 unspecified atom stereocenters. The Balaban J connectivity index is -0.000000247.